The van der Waals surface area contributed by atoms with Crippen LogP contribution >= 0.6 is 0 Å². The number of hydrogen-bond acceptors (Lipinski definition) is 5. The van der Waals surface area contributed by atoms with Crippen LogP contribution in [-0.4, -0.2) is 22.9 Å². The second-order valence-corrected chi connectivity index (χ2v) is 5.56. The zero-order valence-corrected chi connectivity index (χ0v) is 14.3. The number of nitrogens with one attached hydrogen (secondary N) is 2. The van der Waals surface area contributed by atoms with E-state index in [-0.39, 0.29) is 11.9 Å². The molecule has 0 saturated carbocycles. The van der Waals surface area contributed by atoms with Crippen molar-refractivity contribution in [2.24, 2.45) is 0 Å². The maximum atomic E-state index is 12.1. The van der Waals surface area contributed by atoms with Crippen molar-refractivity contribution in [3.63, 3.8) is 0 Å². The molecule has 0 radical (unpaired) electrons. The molecule has 1 aromatic heterocycles. The first-order valence-electron chi connectivity index (χ1n) is 8.11. The first-order chi connectivity index (χ1) is 12.6. The Kier molecular flexibility index (Phi) is 5.24. The van der Waals surface area contributed by atoms with Gasteiger partial charge in [-0.25, -0.2) is 4.98 Å². The number of nitrogen functional groups attached to an aromatic ring is 1. The van der Waals surface area contributed by atoms with Gasteiger partial charge < -0.3 is 16.4 Å². The van der Waals surface area contributed by atoms with E-state index in [2.05, 4.69) is 20.6 Å². The smallest absolute Gasteiger partial charge is 0.248 e. The molecule has 0 unspecified atom stereocenters. The van der Waals surface area contributed by atoms with Crippen LogP contribution in [0.25, 0.3) is 17.3 Å². The average molecular weight is 345 g/mol. The topological polar surface area (TPSA) is 92.9 Å². The van der Waals surface area contributed by atoms with Crippen LogP contribution in [0.5, 0.6) is 0 Å². The Balaban J connectivity index is 1.76. The van der Waals surface area contributed by atoms with Crippen LogP contribution in [0.4, 0.5) is 17.5 Å². The maximum absolute atomic E-state index is 12.1. The zero-order chi connectivity index (χ0) is 18.4. The molecule has 1 heterocycles. The lowest BCUT2D eigenvalue weighted by atomic mass is 10.1. The van der Waals surface area contributed by atoms with Crippen molar-refractivity contribution in [1.29, 1.82) is 0 Å². The van der Waals surface area contributed by atoms with Gasteiger partial charge in [0.1, 0.15) is 5.82 Å². The number of nitrogens with zero attached hydrogens (tertiary/aromatic N) is 2. The van der Waals surface area contributed by atoms with E-state index in [1.165, 1.54) is 6.08 Å². The predicted octanol–water partition coefficient (Wildman–Crippen LogP) is 3.42. The van der Waals surface area contributed by atoms with E-state index in [4.69, 9.17) is 5.73 Å². The number of aromatic nitrogens is 2. The van der Waals surface area contributed by atoms with E-state index in [1.807, 2.05) is 54.6 Å². The molecule has 6 nitrogen and oxygen atoms in total. The number of hydrogen-bond donors (Lipinski definition) is 3. The monoisotopic (exact) mass is 345 g/mol. The van der Waals surface area contributed by atoms with Gasteiger partial charge in [0, 0.05) is 30.4 Å². The molecule has 0 atom stereocenters. The van der Waals surface area contributed by atoms with Crippen molar-refractivity contribution in [3.05, 3.63) is 72.3 Å². The largest absolute Gasteiger partial charge is 0.373 e. The summed E-state index contributed by atoms with van der Waals surface area (Å²) < 4.78 is 0. The van der Waals surface area contributed by atoms with Crippen molar-refractivity contribution in [2.45, 2.75) is 0 Å². The highest BCUT2D eigenvalue weighted by molar-refractivity contribution is 6.02. The lowest BCUT2D eigenvalue weighted by Crippen LogP contribution is -2.07. The van der Waals surface area contributed by atoms with Crippen molar-refractivity contribution in [3.8, 4) is 11.3 Å². The number of nitrogens with two attached hydrogens (primary N) is 1. The van der Waals surface area contributed by atoms with E-state index in [9.17, 15) is 4.79 Å². The Hall–Kier alpha value is -3.67. The van der Waals surface area contributed by atoms with E-state index < -0.39 is 0 Å². The van der Waals surface area contributed by atoms with E-state index >= 15 is 0 Å². The number of rotatable bonds is 5. The summed E-state index contributed by atoms with van der Waals surface area (Å²) >= 11 is 0. The fourth-order valence-electron chi connectivity index (χ4n) is 2.42. The molecule has 26 heavy (non-hydrogen) atoms. The second kappa shape index (κ2) is 7.94. The summed E-state index contributed by atoms with van der Waals surface area (Å²) in [6.07, 6.45) is 3.27. The number of carbonyl (C=O) groups excluding carboxylic acids is 1. The summed E-state index contributed by atoms with van der Waals surface area (Å²) in [5, 5.41) is 5.80. The van der Waals surface area contributed by atoms with Crippen LogP contribution in [0.1, 0.15) is 5.56 Å². The molecular weight excluding hydrogens is 326 g/mol. The summed E-state index contributed by atoms with van der Waals surface area (Å²) in [6.45, 7) is 0. The Morgan fingerprint density at radius 1 is 1.04 bits per heavy atom. The molecule has 4 N–H and O–H groups in total. The van der Waals surface area contributed by atoms with Crippen LogP contribution in [-0.2, 0) is 4.79 Å². The van der Waals surface area contributed by atoms with E-state index in [0.29, 0.717) is 17.2 Å². The highest BCUT2D eigenvalue weighted by Crippen LogP contribution is 2.23. The standard InChI is InChI=1S/C20H19N5O/c1-22-18-13-17(24-20(21)25-18)15-8-5-9-16(12-15)23-19(26)11-10-14-6-3-2-4-7-14/h2-13H,1H3,(H,23,26)(H3,21,22,24,25). The van der Waals surface area contributed by atoms with Gasteiger partial charge in [0.2, 0.25) is 11.9 Å². The minimum absolute atomic E-state index is 0.187. The fraction of sp³-hybridized carbons (Fsp3) is 0.0500. The van der Waals surface area contributed by atoms with Crippen molar-refractivity contribution >= 4 is 29.4 Å². The van der Waals surface area contributed by atoms with Crippen molar-refractivity contribution in [1.82, 2.24) is 9.97 Å². The third-order valence-corrected chi connectivity index (χ3v) is 3.65. The highest BCUT2D eigenvalue weighted by Gasteiger charge is 2.06. The third kappa shape index (κ3) is 4.45. The summed E-state index contributed by atoms with van der Waals surface area (Å²) in [5.74, 6) is 0.615. The van der Waals surface area contributed by atoms with E-state index in [1.54, 1.807) is 19.2 Å². The van der Waals surface area contributed by atoms with Gasteiger partial charge in [0.25, 0.3) is 0 Å². The first-order valence-corrected chi connectivity index (χ1v) is 8.11. The Bertz CT molecular complexity index is 938. The minimum atomic E-state index is -0.205. The molecule has 0 saturated heterocycles. The minimum Gasteiger partial charge on any atom is -0.373 e. The van der Waals surface area contributed by atoms with Crippen LogP contribution in [0.3, 0.4) is 0 Å². The molecule has 0 aliphatic heterocycles. The number of benzene rings is 2. The molecule has 0 spiro atoms. The van der Waals surface area contributed by atoms with Gasteiger partial charge in [-0.3, -0.25) is 4.79 Å². The zero-order valence-electron chi connectivity index (χ0n) is 14.3. The maximum Gasteiger partial charge on any atom is 0.248 e. The SMILES string of the molecule is CNc1cc(-c2cccc(NC(=O)C=Cc3ccccc3)c2)nc(N)n1. The fourth-order valence-corrected chi connectivity index (χ4v) is 2.42. The summed E-state index contributed by atoms with van der Waals surface area (Å²) in [7, 11) is 1.77. The van der Waals surface area contributed by atoms with Gasteiger partial charge >= 0.3 is 0 Å². The summed E-state index contributed by atoms with van der Waals surface area (Å²) in [6, 6.07) is 18.9. The van der Waals surface area contributed by atoms with Crippen LogP contribution in [0, 0.1) is 0 Å². The molecule has 3 aromatic rings. The normalized spacial score (nSPS) is 10.7. The van der Waals surface area contributed by atoms with Gasteiger partial charge in [-0.1, -0.05) is 42.5 Å². The van der Waals surface area contributed by atoms with Crippen LogP contribution < -0.4 is 16.4 Å². The average Bonchev–Trinajstić information content (AvgIpc) is 2.67. The lowest BCUT2D eigenvalue weighted by molar-refractivity contribution is -0.111. The molecule has 2 aromatic carbocycles. The number of amides is 1. The first kappa shape index (κ1) is 17.2. The highest BCUT2D eigenvalue weighted by atomic mass is 16.1. The molecule has 0 aliphatic rings. The summed E-state index contributed by atoms with van der Waals surface area (Å²) in [5.41, 5.74) is 8.90. The van der Waals surface area contributed by atoms with E-state index in [0.717, 1.165) is 11.1 Å². The van der Waals surface area contributed by atoms with Crippen LogP contribution in [0.15, 0.2) is 66.7 Å². The third-order valence-electron chi connectivity index (χ3n) is 3.65. The van der Waals surface area contributed by atoms with Gasteiger partial charge in [0.15, 0.2) is 0 Å². The number of carbonyl (C=O) groups is 1. The number of anilines is 3. The van der Waals surface area contributed by atoms with Gasteiger partial charge in [-0.2, -0.15) is 4.98 Å². The molecule has 1 amide bonds. The molecule has 3 rings (SSSR count). The van der Waals surface area contributed by atoms with Crippen molar-refractivity contribution in [2.75, 3.05) is 23.4 Å². The lowest BCUT2D eigenvalue weighted by Gasteiger charge is -2.08. The molecule has 0 fully saturated rings. The van der Waals surface area contributed by atoms with Gasteiger partial charge in [0.05, 0.1) is 5.69 Å². The van der Waals surface area contributed by atoms with Gasteiger partial charge in [-0.15, -0.1) is 0 Å². The summed E-state index contributed by atoms with van der Waals surface area (Å²) in [4.78, 5) is 20.5. The van der Waals surface area contributed by atoms with Crippen LogP contribution in [0.2, 0.25) is 0 Å². The molecule has 0 bridgehead atoms. The molecular formula is C20H19N5O. The van der Waals surface area contributed by atoms with Gasteiger partial charge in [-0.05, 0) is 23.8 Å². The molecule has 130 valence electrons. The predicted molar refractivity (Wildman–Crippen MR) is 106 cm³/mol. The second-order valence-electron chi connectivity index (χ2n) is 5.56. The Morgan fingerprint density at radius 2 is 1.85 bits per heavy atom. The molecule has 0 aliphatic carbocycles. The Morgan fingerprint density at radius 3 is 2.62 bits per heavy atom. The Labute approximate surface area is 151 Å². The van der Waals surface area contributed by atoms with Crippen molar-refractivity contribution < 1.29 is 4.79 Å². The molecule has 6 heteroatoms. The quantitative estimate of drug-likeness (QED) is 0.616.